The molecule has 1 heterocycles. The molecule has 1 aromatic rings. The zero-order valence-electron chi connectivity index (χ0n) is 15.1. The topological polar surface area (TPSA) is 58.8 Å². The first-order chi connectivity index (χ1) is 10.5. The van der Waals surface area contributed by atoms with Crippen LogP contribution in [0.25, 0.3) is 0 Å². The lowest BCUT2D eigenvalue weighted by Gasteiger charge is -2.11. The van der Waals surface area contributed by atoms with Crippen LogP contribution in [0.5, 0.6) is 0 Å². The minimum absolute atomic E-state index is 0. The lowest BCUT2D eigenvalue weighted by atomic mass is 10.2. The number of nitrogens with zero attached hydrogens (tertiary/aromatic N) is 1. The van der Waals surface area contributed by atoms with Gasteiger partial charge in [-0.25, -0.2) is 4.99 Å². The molecule has 0 fully saturated rings. The van der Waals surface area contributed by atoms with Gasteiger partial charge >= 0.3 is 0 Å². The molecule has 1 rings (SSSR count). The van der Waals surface area contributed by atoms with E-state index < -0.39 is 0 Å². The fraction of sp³-hybridized carbons (Fsp3) is 0.706. The summed E-state index contributed by atoms with van der Waals surface area (Å²) in [7, 11) is 0. The number of halogens is 1. The van der Waals surface area contributed by atoms with E-state index in [-0.39, 0.29) is 24.0 Å². The number of aliphatic imine (C=N–C) groups is 1. The van der Waals surface area contributed by atoms with Gasteiger partial charge in [0.15, 0.2) is 5.96 Å². The van der Waals surface area contributed by atoms with E-state index in [0.29, 0.717) is 12.5 Å². The number of hydrogen-bond donors (Lipinski definition) is 2. The predicted molar refractivity (Wildman–Crippen MR) is 107 cm³/mol. The number of aryl methyl sites for hydroxylation is 2. The van der Waals surface area contributed by atoms with Gasteiger partial charge < -0.3 is 19.8 Å². The van der Waals surface area contributed by atoms with Crippen LogP contribution < -0.4 is 10.6 Å². The molecule has 0 aromatic carbocycles. The maximum Gasteiger partial charge on any atom is 0.191 e. The van der Waals surface area contributed by atoms with Crippen LogP contribution in [0.2, 0.25) is 0 Å². The van der Waals surface area contributed by atoms with Gasteiger partial charge in [-0.3, -0.25) is 0 Å². The second kappa shape index (κ2) is 12.6. The molecule has 6 heteroatoms. The summed E-state index contributed by atoms with van der Waals surface area (Å²) >= 11 is 0. The number of rotatable bonds is 9. The molecule has 23 heavy (non-hydrogen) atoms. The molecule has 0 aliphatic heterocycles. The third-order valence-corrected chi connectivity index (χ3v) is 3.10. The average Bonchev–Trinajstić information content (AvgIpc) is 2.77. The minimum atomic E-state index is 0. The first kappa shape index (κ1) is 22.2. The second-order valence-corrected chi connectivity index (χ2v) is 5.88. The summed E-state index contributed by atoms with van der Waals surface area (Å²) in [5.74, 6) is 3.31. The van der Waals surface area contributed by atoms with E-state index in [9.17, 15) is 0 Å². The van der Waals surface area contributed by atoms with E-state index in [4.69, 9.17) is 9.15 Å². The lowest BCUT2D eigenvalue weighted by molar-refractivity contribution is 0.108. The summed E-state index contributed by atoms with van der Waals surface area (Å²) in [6, 6.07) is 2.04. The summed E-state index contributed by atoms with van der Waals surface area (Å²) in [4.78, 5) is 4.60. The molecule has 1 aromatic heterocycles. The van der Waals surface area contributed by atoms with Gasteiger partial charge in [-0.2, -0.15) is 0 Å². The van der Waals surface area contributed by atoms with Gasteiger partial charge in [-0.05, 0) is 39.2 Å². The number of guanidine groups is 1. The Morgan fingerprint density at radius 3 is 2.61 bits per heavy atom. The molecule has 0 radical (unpaired) electrons. The van der Waals surface area contributed by atoms with Crippen molar-refractivity contribution in [2.45, 2.75) is 47.6 Å². The smallest absolute Gasteiger partial charge is 0.191 e. The highest BCUT2D eigenvalue weighted by Gasteiger charge is 2.04. The normalized spacial score (nSPS) is 11.5. The first-order valence-electron chi connectivity index (χ1n) is 8.18. The van der Waals surface area contributed by atoms with E-state index in [1.54, 1.807) is 0 Å². The molecular weight excluding hydrogens is 405 g/mol. The molecule has 0 bridgehead atoms. The fourth-order valence-electron chi connectivity index (χ4n) is 2.05. The third-order valence-electron chi connectivity index (χ3n) is 3.10. The van der Waals surface area contributed by atoms with Crippen molar-refractivity contribution >= 4 is 29.9 Å². The molecule has 0 amide bonds. The van der Waals surface area contributed by atoms with Crippen molar-refractivity contribution in [1.82, 2.24) is 10.6 Å². The Morgan fingerprint density at radius 1 is 1.30 bits per heavy atom. The van der Waals surface area contributed by atoms with E-state index >= 15 is 0 Å². The Bertz CT molecular complexity index is 459. The highest BCUT2D eigenvalue weighted by molar-refractivity contribution is 14.0. The van der Waals surface area contributed by atoms with Crippen LogP contribution in [0, 0.1) is 19.8 Å². The van der Waals surface area contributed by atoms with E-state index in [1.165, 1.54) is 0 Å². The van der Waals surface area contributed by atoms with Crippen molar-refractivity contribution < 1.29 is 9.15 Å². The molecule has 0 unspecified atom stereocenters. The molecule has 0 saturated heterocycles. The zero-order valence-corrected chi connectivity index (χ0v) is 17.4. The first-order valence-corrected chi connectivity index (χ1v) is 8.18. The lowest BCUT2D eigenvalue weighted by Crippen LogP contribution is -2.38. The van der Waals surface area contributed by atoms with Gasteiger partial charge in [-0.1, -0.05) is 13.8 Å². The molecule has 0 aliphatic carbocycles. The van der Waals surface area contributed by atoms with Gasteiger partial charge in [-0.15, -0.1) is 24.0 Å². The fourth-order valence-corrected chi connectivity index (χ4v) is 2.05. The Morgan fingerprint density at radius 2 is 2.04 bits per heavy atom. The quantitative estimate of drug-likeness (QED) is 0.268. The minimum Gasteiger partial charge on any atom is -0.466 e. The SMILES string of the molecule is CCNC(=NCc1cc(C)oc1C)NCCCOCC(C)C.I. The predicted octanol–water partition coefficient (Wildman–Crippen LogP) is 3.63. The van der Waals surface area contributed by atoms with Crippen molar-refractivity contribution in [1.29, 1.82) is 0 Å². The van der Waals surface area contributed by atoms with E-state index in [2.05, 4.69) is 36.4 Å². The van der Waals surface area contributed by atoms with Crippen molar-refractivity contribution in [3.63, 3.8) is 0 Å². The van der Waals surface area contributed by atoms with Crippen molar-refractivity contribution in [3.8, 4) is 0 Å². The maximum atomic E-state index is 5.57. The maximum absolute atomic E-state index is 5.57. The van der Waals surface area contributed by atoms with Crippen molar-refractivity contribution in [2.24, 2.45) is 10.9 Å². The summed E-state index contributed by atoms with van der Waals surface area (Å²) in [6.07, 6.45) is 0.973. The van der Waals surface area contributed by atoms with Crippen LogP contribution in [0.3, 0.4) is 0 Å². The molecule has 5 nitrogen and oxygen atoms in total. The summed E-state index contributed by atoms with van der Waals surface area (Å²) in [5, 5.41) is 6.59. The number of nitrogens with one attached hydrogen (secondary N) is 2. The van der Waals surface area contributed by atoms with Crippen LogP contribution in [0.4, 0.5) is 0 Å². The van der Waals surface area contributed by atoms with Crippen LogP contribution in [0.15, 0.2) is 15.5 Å². The molecule has 134 valence electrons. The molecule has 0 spiro atoms. The largest absolute Gasteiger partial charge is 0.466 e. The summed E-state index contributed by atoms with van der Waals surface area (Å²) in [6.45, 7) is 14.3. The van der Waals surface area contributed by atoms with Gasteiger partial charge in [0.25, 0.3) is 0 Å². The highest BCUT2D eigenvalue weighted by Crippen LogP contribution is 2.14. The Kier molecular flexibility index (Phi) is 12.2. The van der Waals surface area contributed by atoms with Gasteiger partial charge in [0.05, 0.1) is 6.54 Å². The summed E-state index contributed by atoms with van der Waals surface area (Å²) < 4.78 is 11.1. The standard InChI is InChI=1S/C17H31N3O2.HI/c1-6-18-17(19-8-7-9-21-12-13(2)3)20-11-16-10-14(4)22-15(16)5;/h10,13H,6-9,11-12H2,1-5H3,(H2,18,19,20);1H. The van der Waals surface area contributed by atoms with Crippen LogP contribution >= 0.6 is 24.0 Å². The highest BCUT2D eigenvalue weighted by atomic mass is 127. The van der Waals surface area contributed by atoms with Crippen LogP contribution in [-0.4, -0.2) is 32.3 Å². The molecule has 0 aliphatic rings. The second-order valence-electron chi connectivity index (χ2n) is 5.88. The number of hydrogen-bond acceptors (Lipinski definition) is 3. The monoisotopic (exact) mass is 437 g/mol. The van der Waals surface area contributed by atoms with Gasteiger partial charge in [0.1, 0.15) is 11.5 Å². The van der Waals surface area contributed by atoms with E-state index in [1.807, 2.05) is 19.9 Å². The van der Waals surface area contributed by atoms with Crippen molar-refractivity contribution in [2.75, 3.05) is 26.3 Å². The van der Waals surface area contributed by atoms with Crippen LogP contribution in [-0.2, 0) is 11.3 Å². The van der Waals surface area contributed by atoms with E-state index in [0.717, 1.165) is 55.8 Å². The van der Waals surface area contributed by atoms with Crippen LogP contribution in [0.1, 0.15) is 44.3 Å². The Hall–Kier alpha value is -0.760. The third kappa shape index (κ3) is 9.86. The van der Waals surface area contributed by atoms with Gasteiger partial charge in [0.2, 0.25) is 0 Å². The molecule has 0 saturated carbocycles. The average molecular weight is 437 g/mol. The molecular formula is C17H32IN3O2. The Balaban J connectivity index is 0.00000484. The molecule has 0 atom stereocenters. The van der Waals surface area contributed by atoms with Crippen molar-refractivity contribution in [3.05, 3.63) is 23.2 Å². The summed E-state index contributed by atoms with van der Waals surface area (Å²) in [5.41, 5.74) is 1.13. The number of furan rings is 1. The Labute approximate surface area is 157 Å². The van der Waals surface area contributed by atoms with Gasteiger partial charge in [0, 0.05) is 31.9 Å². The molecule has 2 N–H and O–H groups in total. The zero-order chi connectivity index (χ0) is 16.4. The number of ether oxygens (including phenoxy) is 1.